The molecule has 1 aromatic carbocycles. The molecular weight excluding hydrogens is 314 g/mol. The Morgan fingerprint density at radius 2 is 2.09 bits per heavy atom. The van der Waals surface area contributed by atoms with E-state index in [1.54, 1.807) is 0 Å². The zero-order valence-electron chi connectivity index (χ0n) is 13.3. The van der Waals surface area contributed by atoms with Crippen LogP contribution in [0, 0.1) is 0 Å². The van der Waals surface area contributed by atoms with Crippen LogP contribution in [0.15, 0.2) is 41.3 Å². The van der Waals surface area contributed by atoms with Crippen molar-refractivity contribution in [1.82, 2.24) is 4.98 Å². The summed E-state index contributed by atoms with van der Waals surface area (Å²) in [5, 5.41) is 0.708. The van der Waals surface area contributed by atoms with E-state index in [0.29, 0.717) is 17.1 Å². The van der Waals surface area contributed by atoms with Crippen LogP contribution < -0.4 is 0 Å². The number of hydrogen-bond acceptors (Lipinski definition) is 4. The second-order valence-electron chi connectivity index (χ2n) is 5.59. The number of benzene rings is 1. The predicted molar refractivity (Wildman–Crippen MR) is 89.4 cm³/mol. The number of aromatic nitrogens is 1. The van der Waals surface area contributed by atoms with E-state index in [1.807, 2.05) is 24.3 Å². The molecule has 1 atom stereocenters. The van der Waals surface area contributed by atoms with Crippen molar-refractivity contribution in [3.8, 4) is 0 Å². The molecular formula is C18H22ClNO3. The van der Waals surface area contributed by atoms with Crippen LogP contribution in [0.2, 0.25) is 5.02 Å². The minimum absolute atomic E-state index is 0.123. The van der Waals surface area contributed by atoms with Crippen LogP contribution in [0.1, 0.15) is 43.9 Å². The molecule has 5 heteroatoms. The summed E-state index contributed by atoms with van der Waals surface area (Å²) in [5.74, 6) is -0.269. The molecule has 0 aliphatic carbocycles. The number of rotatable bonds is 9. The molecule has 0 aliphatic heterocycles. The minimum Gasteiger partial charge on any atom is -0.462 e. The zero-order valence-corrected chi connectivity index (χ0v) is 14.1. The maximum absolute atomic E-state index is 12.1. The summed E-state index contributed by atoms with van der Waals surface area (Å²) >= 11 is 5.91. The van der Waals surface area contributed by atoms with Gasteiger partial charge in [-0.2, -0.15) is 0 Å². The Kier molecular flexibility index (Phi) is 7.14. The molecule has 0 amide bonds. The van der Waals surface area contributed by atoms with E-state index >= 15 is 0 Å². The summed E-state index contributed by atoms with van der Waals surface area (Å²) in [7, 11) is 0. The molecule has 1 heterocycles. The van der Waals surface area contributed by atoms with Crippen LogP contribution in [0.25, 0.3) is 0 Å². The number of carbonyl (C=O) groups excluding carboxylic acids is 1. The van der Waals surface area contributed by atoms with Gasteiger partial charge in [-0.25, -0.2) is 4.98 Å². The molecule has 2 aromatic rings. The largest absolute Gasteiger partial charge is 0.462 e. The fourth-order valence-electron chi connectivity index (χ4n) is 2.41. The fourth-order valence-corrected chi connectivity index (χ4v) is 2.53. The highest BCUT2D eigenvalue weighted by molar-refractivity contribution is 6.30. The molecule has 0 N–H and O–H groups in total. The highest BCUT2D eigenvalue weighted by atomic mass is 35.5. The first kappa shape index (κ1) is 17.5. The van der Waals surface area contributed by atoms with Crippen molar-refractivity contribution in [2.24, 2.45) is 0 Å². The van der Waals surface area contributed by atoms with Crippen LogP contribution in [0.4, 0.5) is 0 Å². The first-order chi connectivity index (χ1) is 11.2. The zero-order chi connectivity index (χ0) is 16.5. The van der Waals surface area contributed by atoms with Crippen molar-refractivity contribution in [3.05, 3.63) is 53.2 Å². The average molecular weight is 336 g/mol. The maximum Gasteiger partial charge on any atom is 0.312 e. The topological polar surface area (TPSA) is 52.3 Å². The number of halogens is 1. The quantitative estimate of drug-likeness (QED) is 0.496. The molecule has 23 heavy (non-hydrogen) atoms. The Labute approximate surface area is 141 Å². The number of esters is 1. The van der Waals surface area contributed by atoms with E-state index in [2.05, 4.69) is 11.9 Å². The SMILES string of the molecule is CCCCCC(Cc1ccc(Cl)cc1)OC(=O)Cc1cocn1. The van der Waals surface area contributed by atoms with Crippen molar-refractivity contribution < 1.29 is 13.9 Å². The summed E-state index contributed by atoms with van der Waals surface area (Å²) in [6.07, 6.45) is 7.68. The van der Waals surface area contributed by atoms with Crippen LogP contribution >= 0.6 is 11.6 Å². The van der Waals surface area contributed by atoms with Gasteiger partial charge >= 0.3 is 5.97 Å². The molecule has 0 spiro atoms. The second-order valence-corrected chi connectivity index (χ2v) is 6.03. The second kappa shape index (κ2) is 9.36. The van der Waals surface area contributed by atoms with Gasteiger partial charge in [0.2, 0.25) is 0 Å². The highest BCUT2D eigenvalue weighted by Gasteiger charge is 2.16. The van der Waals surface area contributed by atoms with Gasteiger partial charge < -0.3 is 9.15 Å². The molecule has 0 radical (unpaired) electrons. The van der Waals surface area contributed by atoms with Crippen LogP contribution in [0.5, 0.6) is 0 Å². The third kappa shape index (κ3) is 6.45. The first-order valence-corrected chi connectivity index (χ1v) is 8.36. The van der Waals surface area contributed by atoms with Crippen molar-refractivity contribution in [3.63, 3.8) is 0 Å². The molecule has 1 unspecified atom stereocenters. The number of nitrogens with zero attached hydrogens (tertiary/aromatic N) is 1. The molecule has 2 rings (SSSR count). The molecule has 124 valence electrons. The van der Waals surface area contributed by atoms with Crippen molar-refractivity contribution in [1.29, 1.82) is 0 Å². The maximum atomic E-state index is 12.1. The Morgan fingerprint density at radius 1 is 1.30 bits per heavy atom. The van der Waals surface area contributed by atoms with E-state index < -0.39 is 0 Å². The number of hydrogen-bond donors (Lipinski definition) is 0. The lowest BCUT2D eigenvalue weighted by Crippen LogP contribution is -2.22. The molecule has 0 saturated carbocycles. The molecule has 0 bridgehead atoms. The predicted octanol–water partition coefficient (Wildman–Crippen LogP) is 4.61. The molecule has 0 saturated heterocycles. The fraction of sp³-hybridized carbons (Fsp3) is 0.444. The molecule has 0 fully saturated rings. The van der Waals surface area contributed by atoms with Gasteiger partial charge in [0.05, 0.1) is 12.1 Å². The molecule has 1 aromatic heterocycles. The Balaban J connectivity index is 1.92. The van der Waals surface area contributed by atoms with Crippen LogP contribution in [0.3, 0.4) is 0 Å². The summed E-state index contributed by atoms with van der Waals surface area (Å²) in [4.78, 5) is 16.0. The standard InChI is InChI=1S/C18H22ClNO3/c1-2-3-4-5-17(10-14-6-8-15(19)9-7-14)23-18(21)11-16-12-22-13-20-16/h6-9,12-13,17H,2-5,10-11H2,1H3. The average Bonchev–Trinajstić information content (AvgIpc) is 3.02. The number of ether oxygens (including phenoxy) is 1. The Hall–Kier alpha value is -1.81. The number of carbonyl (C=O) groups is 1. The van der Waals surface area contributed by atoms with Gasteiger partial charge in [0.1, 0.15) is 12.4 Å². The lowest BCUT2D eigenvalue weighted by Gasteiger charge is -2.18. The van der Waals surface area contributed by atoms with Gasteiger partial charge in [-0.1, -0.05) is 43.5 Å². The van der Waals surface area contributed by atoms with E-state index in [4.69, 9.17) is 20.8 Å². The van der Waals surface area contributed by atoms with E-state index in [9.17, 15) is 4.79 Å². The third-order valence-corrected chi connectivity index (χ3v) is 3.87. The van der Waals surface area contributed by atoms with Gasteiger partial charge in [0.25, 0.3) is 0 Å². The van der Waals surface area contributed by atoms with Crippen molar-refractivity contribution in [2.75, 3.05) is 0 Å². The van der Waals surface area contributed by atoms with Gasteiger partial charge in [0.15, 0.2) is 6.39 Å². The highest BCUT2D eigenvalue weighted by Crippen LogP contribution is 2.16. The normalized spacial score (nSPS) is 12.1. The van der Waals surface area contributed by atoms with Gasteiger partial charge in [0, 0.05) is 11.4 Å². The van der Waals surface area contributed by atoms with Gasteiger partial charge in [-0.3, -0.25) is 4.79 Å². The van der Waals surface area contributed by atoms with Crippen molar-refractivity contribution >= 4 is 17.6 Å². The molecule has 0 aliphatic rings. The van der Waals surface area contributed by atoms with E-state index in [0.717, 1.165) is 31.2 Å². The lowest BCUT2D eigenvalue weighted by molar-refractivity contribution is -0.148. The van der Waals surface area contributed by atoms with Gasteiger partial charge in [-0.05, 0) is 30.5 Å². The van der Waals surface area contributed by atoms with Gasteiger partial charge in [-0.15, -0.1) is 0 Å². The van der Waals surface area contributed by atoms with Crippen molar-refractivity contribution in [2.45, 2.75) is 51.6 Å². The first-order valence-electron chi connectivity index (χ1n) is 7.98. The lowest BCUT2D eigenvalue weighted by atomic mass is 10.0. The summed E-state index contributed by atoms with van der Waals surface area (Å²) in [5.41, 5.74) is 1.71. The third-order valence-electron chi connectivity index (χ3n) is 3.61. The van der Waals surface area contributed by atoms with E-state index in [-0.39, 0.29) is 18.5 Å². The Morgan fingerprint density at radius 3 is 2.74 bits per heavy atom. The summed E-state index contributed by atoms with van der Waals surface area (Å²) < 4.78 is 10.5. The number of unbranched alkanes of at least 4 members (excludes halogenated alkanes) is 2. The number of oxazole rings is 1. The minimum atomic E-state index is -0.269. The van der Waals surface area contributed by atoms with E-state index in [1.165, 1.54) is 12.7 Å². The smallest absolute Gasteiger partial charge is 0.312 e. The Bertz CT molecular complexity index is 581. The monoisotopic (exact) mass is 335 g/mol. The molecule has 4 nitrogen and oxygen atoms in total. The summed E-state index contributed by atoms with van der Waals surface area (Å²) in [6, 6.07) is 7.66. The summed E-state index contributed by atoms with van der Waals surface area (Å²) in [6.45, 7) is 2.16. The van der Waals surface area contributed by atoms with Crippen LogP contribution in [-0.2, 0) is 22.4 Å². The van der Waals surface area contributed by atoms with Crippen LogP contribution in [-0.4, -0.2) is 17.1 Å².